The van der Waals surface area contributed by atoms with Crippen LogP contribution >= 0.6 is 56.9 Å². The van der Waals surface area contributed by atoms with Crippen LogP contribution in [0.4, 0.5) is 10.5 Å². The van der Waals surface area contributed by atoms with Crippen molar-refractivity contribution in [1.82, 2.24) is 4.90 Å². The highest BCUT2D eigenvalue weighted by Crippen LogP contribution is 2.35. The number of ether oxygens (including phenoxy) is 1. The third-order valence-corrected chi connectivity index (χ3v) is 6.65. The van der Waals surface area contributed by atoms with E-state index in [9.17, 15) is 19.7 Å². The number of thioether (sulfide) groups is 1. The molecule has 2 aromatic rings. The Morgan fingerprint density at radius 2 is 1.90 bits per heavy atom. The summed E-state index contributed by atoms with van der Waals surface area (Å²) in [7, 11) is 0. The monoisotopic (exact) mass is 650 g/mol. The molecule has 1 saturated heterocycles. The maximum Gasteiger partial charge on any atom is 0.293 e. The maximum absolute atomic E-state index is 12.4. The zero-order valence-electron chi connectivity index (χ0n) is 15.8. The van der Waals surface area contributed by atoms with Crippen molar-refractivity contribution in [2.75, 3.05) is 6.54 Å². The molecule has 1 heterocycles. The Bertz CT molecular complexity index is 1030. The average molecular weight is 650 g/mol. The molecular formula is C20H16I2N2O5S. The summed E-state index contributed by atoms with van der Waals surface area (Å²) in [5, 5.41) is 10.7. The number of rotatable bonds is 7. The Morgan fingerprint density at radius 1 is 1.20 bits per heavy atom. The van der Waals surface area contributed by atoms with Gasteiger partial charge in [-0.1, -0.05) is 19.1 Å². The summed E-state index contributed by atoms with van der Waals surface area (Å²) < 4.78 is 7.58. The van der Waals surface area contributed by atoms with Crippen molar-refractivity contribution >= 4 is 79.9 Å². The van der Waals surface area contributed by atoms with Gasteiger partial charge in [0.05, 0.1) is 17.0 Å². The number of benzene rings is 2. The van der Waals surface area contributed by atoms with E-state index in [0.29, 0.717) is 22.8 Å². The molecule has 10 heteroatoms. The molecule has 0 spiro atoms. The van der Waals surface area contributed by atoms with Crippen LogP contribution in [-0.4, -0.2) is 27.5 Å². The minimum Gasteiger partial charge on any atom is -0.487 e. The summed E-state index contributed by atoms with van der Waals surface area (Å²) >= 11 is 5.25. The molecule has 7 nitrogen and oxygen atoms in total. The lowest BCUT2D eigenvalue weighted by Gasteiger charge is -2.12. The van der Waals surface area contributed by atoms with Gasteiger partial charge in [-0.2, -0.15) is 0 Å². The van der Waals surface area contributed by atoms with Crippen molar-refractivity contribution in [3.8, 4) is 5.75 Å². The van der Waals surface area contributed by atoms with E-state index in [-0.39, 0.29) is 23.4 Å². The van der Waals surface area contributed by atoms with Crippen LogP contribution in [0.25, 0.3) is 6.08 Å². The molecule has 0 aliphatic carbocycles. The van der Waals surface area contributed by atoms with Gasteiger partial charge in [-0.15, -0.1) is 0 Å². The van der Waals surface area contributed by atoms with Crippen LogP contribution in [0.3, 0.4) is 0 Å². The van der Waals surface area contributed by atoms with Gasteiger partial charge in [-0.3, -0.25) is 24.6 Å². The van der Waals surface area contributed by atoms with E-state index in [4.69, 9.17) is 4.74 Å². The topological polar surface area (TPSA) is 89.8 Å². The number of non-ortho nitro benzene ring substituents is 1. The Kier molecular flexibility index (Phi) is 7.74. The Labute approximate surface area is 204 Å². The fourth-order valence-corrected chi connectivity index (χ4v) is 5.78. The first-order valence-corrected chi connectivity index (χ1v) is 11.9. The van der Waals surface area contributed by atoms with Gasteiger partial charge >= 0.3 is 0 Å². The van der Waals surface area contributed by atoms with Crippen molar-refractivity contribution < 1.29 is 19.2 Å². The Balaban J connectivity index is 1.78. The van der Waals surface area contributed by atoms with Gasteiger partial charge < -0.3 is 4.74 Å². The number of amides is 2. The van der Waals surface area contributed by atoms with Crippen molar-refractivity contribution in [3.05, 3.63) is 69.7 Å². The normalized spacial score (nSPS) is 15.2. The molecule has 1 aliphatic heterocycles. The van der Waals surface area contributed by atoms with E-state index in [0.717, 1.165) is 30.9 Å². The number of halogens is 2. The largest absolute Gasteiger partial charge is 0.487 e. The number of imide groups is 1. The fraction of sp³-hybridized carbons (Fsp3) is 0.200. The van der Waals surface area contributed by atoms with Crippen molar-refractivity contribution in [2.45, 2.75) is 20.0 Å². The minimum absolute atomic E-state index is 0.0212. The van der Waals surface area contributed by atoms with Crippen LogP contribution in [0.5, 0.6) is 5.75 Å². The van der Waals surface area contributed by atoms with Crippen molar-refractivity contribution in [2.24, 2.45) is 0 Å². The van der Waals surface area contributed by atoms with E-state index in [2.05, 4.69) is 45.2 Å². The minimum atomic E-state index is -0.436. The SMILES string of the molecule is CCCN1C(=O)S/C(=C/c2cc(I)c(OCc3cccc([N+](=O)[O-])c3)c(I)c2)C1=O. The number of nitro benzene ring substituents is 1. The number of carbonyl (C=O) groups is 2. The summed E-state index contributed by atoms with van der Waals surface area (Å²) in [5.74, 6) is 0.404. The standard InChI is InChI=1S/C20H16I2N2O5S/c1-2-6-23-19(25)17(30-20(23)26)10-13-8-15(21)18(16(22)9-13)29-11-12-4-3-5-14(7-12)24(27)28/h3-5,7-10H,2,6,11H2,1H3/b17-10+. The van der Waals surface area contributed by atoms with E-state index in [1.165, 1.54) is 17.0 Å². The Morgan fingerprint density at radius 3 is 2.53 bits per heavy atom. The molecule has 0 bridgehead atoms. The second-order valence-corrected chi connectivity index (χ2v) is 9.68. The maximum atomic E-state index is 12.4. The molecule has 1 fully saturated rings. The predicted molar refractivity (Wildman–Crippen MR) is 132 cm³/mol. The number of carbonyl (C=O) groups excluding carboxylic acids is 2. The average Bonchev–Trinajstić information content (AvgIpc) is 2.95. The zero-order valence-corrected chi connectivity index (χ0v) is 20.9. The first-order chi connectivity index (χ1) is 14.3. The highest BCUT2D eigenvalue weighted by molar-refractivity contribution is 14.1. The third kappa shape index (κ3) is 5.32. The van der Waals surface area contributed by atoms with E-state index in [1.807, 2.05) is 19.1 Å². The Hall–Kier alpha value is -1.67. The summed E-state index contributed by atoms with van der Waals surface area (Å²) in [5.41, 5.74) is 1.52. The quantitative estimate of drug-likeness (QED) is 0.162. The lowest BCUT2D eigenvalue weighted by Crippen LogP contribution is -2.28. The smallest absolute Gasteiger partial charge is 0.293 e. The van der Waals surface area contributed by atoms with E-state index >= 15 is 0 Å². The molecule has 30 heavy (non-hydrogen) atoms. The second kappa shape index (κ2) is 10.1. The predicted octanol–water partition coefficient (Wildman–Crippen LogP) is 5.83. The fourth-order valence-electron chi connectivity index (χ4n) is 2.78. The molecule has 3 rings (SSSR count). The molecule has 0 atom stereocenters. The van der Waals surface area contributed by atoms with E-state index < -0.39 is 4.92 Å². The number of nitrogens with zero attached hydrogens (tertiary/aromatic N) is 2. The van der Waals surface area contributed by atoms with Gasteiger partial charge in [0.1, 0.15) is 12.4 Å². The molecule has 2 aromatic carbocycles. The van der Waals surface area contributed by atoms with E-state index in [1.54, 1.807) is 18.2 Å². The summed E-state index contributed by atoms with van der Waals surface area (Å²) in [4.78, 5) is 36.6. The first-order valence-electron chi connectivity index (χ1n) is 8.90. The lowest BCUT2D eigenvalue weighted by molar-refractivity contribution is -0.384. The molecule has 2 amide bonds. The molecule has 0 saturated carbocycles. The number of hydrogen-bond acceptors (Lipinski definition) is 6. The highest BCUT2D eigenvalue weighted by Gasteiger charge is 2.34. The van der Waals surface area contributed by atoms with Crippen LogP contribution in [0.15, 0.2) is 41.3 Å². The molecule has 156 valence electrons. The molecule has 1 aliphatic rings. The van der Waals surface area contributed by atoms with Crippen LogP contribution in [-0.2, 0) is 11.4 Å². The lowest BCUT2D eigenvalue weighted by atomic mass is 10.2. The molecule has 0 radical (unpaired) electrons. The van der Waals surface area contributed by atoms with Gasteiger partial charge in [0, 0.05) is 18.7 Å². The van der Waals surface area contributed by atoms with Gasteiger partial charge in [0.25, 0.3) is 16.8 Å². The zero-order chi connectivity index (χ0) is 21.8. The summed E-state index contributed by atoms with van der Waals surface area (Å²) in [6.45, 7) is 2.54. The second-order valence-electron chi connectivity index (χ2n) is 6.36. The molecular weight excluding hydrogens is 634 g/mol. The first kappa shape index (κ1) is 23.0. The summed E-state index contributed by atoms with van der Waals surface area (Å²) in [6.07, 6.45) is 2.44. The molecule has 0 unspecified atom stereocenters. The van der Waals surface area contributed by atoms with Crippen LogP contribution in [0.2, 0.25) is 0 Å². The van der Waals surface area contributed by atoms with Gasteiger partial charge in [0.15, 0.2) is 0 Å². The van der Waals surface area contributed by atoms with Crippen molar-refractivity contribution in [3.63, 3.8) is 0 Å². The summed E-state index contributed by atoms with van der Waals surface area (Å²) in [6, 6.07) is 10.1. The van der Waals surface area contributed by atoms with Crippen LogP contribution in [0.1, 0.15) is 24.5 Å². The third-order valence-electron chi connectivity index (χ3n) is 4.14. The highest BCUT2D eigenvalue weighted by atomic mass is 127. The molecule has 0 aromatic heterocycles. The molecule has 0 N–H and O–H groups in total. The van der Waals surface area contributed by atoms with Crippen molar-refractivity contribution in [1.29, 1.82) is 0 Å². The van der Waals surface area contributed by atoms with Crippen LogP contribution in [0, 0.1) is 17.3 Å². The van der Waals surface area contributed by atoms with Gasteiger partial charge in [-0.05, 0) is 92.7 Å². The van der Waals surface area contributed by atoms with Gasteiger partial charge in [-0.25, -0.2) is 0 Å². The number of hydrogen-bond donors (Lipinski definition) is 0. The number of nitro groups is 1. The van der Waals surface area contributed by atoms with Crippen LogP contribution < -0.4 is 4.74 Å². The van der Waals surface area contributed by atoms with Gasteiger partial charge in [0.2, 0.25) is 0 Å².